The summed E-state index contributed by atoms with van der Waals surface area (Å²) in [5.41, 5.74) is 8.85. The van der Waals surface area contributed by atoms with E-state index in [-0.39, 0.29) is 17.4 Å². The average molecular weight is 352 g/mol. The van der Waals surface area contributed by atoms with Crippen LogP contribution in [-0.2, 0) is 4.74 Å². The van der Waals surface area contributed by atoms with E-state index < -0.39 is 5.97 Å². The number of nitrogens with zero attached hydrogens (tertiary/aromatic N) is 2. The van der Waals surface area contributed by atoms with Crippen molar-refractivity contribution in [1.82, 2.24) is 14.7 Å². The lowest BCUT2D eigenvalue weighted by molar-refractivity contribution is 0.0600. The van der Waals surface area contributed by atoms with Crippen molar-refractivity contribution >= 4 is 23.3 Å². The summed E-state index contributed by atoms with van der Waals surface area (Å²) < 4.78 is 6.44. The molecule has 0 saturated heterocycles. The first-order valence-corrected chi connectivity index (χ1v) is 8.30. The van der Waals surface area contributed by atoms with Gasteiger partial charge in [-0.15, -0.1) is 0 Å². The molecule has 0 radical (unpaired) electrons. The standard InChI is InChI=1S/C19H20N4O3/c1-3-9-21-18(24)15-16(20)23-10-5-8-14(17(23)22-15)12-6-4-7-13(11-12)19(25)26-2/h4-8,10-11H,3,9,20H2,1-2H3,(H,21,24). The summed E-state index contributed by atoms with van der Waals surface area (Å²) in [6.45, 7) is 2.53. The van der Waals surface area contributed by atoms with Crippen LogP contribution in [0.1, 0.15) is 34.2 Å². The van der Waals surface area contributed by atoms with Crippen LogP contribution >= 0.6 is 0 Å². The van der Waals surface area contributed by atoms with Crippen LogP contribution in [0.4, 0.5) is 5.82 Å². The third-order valence-corrected chi connectivity index (χ3v) is 4.03. The fraction of sp³-hybridized carbons (Fsp3) is 0.211. The predicted octanol–water partition coefficient (Wildman–Crippen LogP) is 2.51. The van der Waals surface area contributed by atoms with E-state index in [1.807, 2.05) is 25.1 Å². The van der Waals surface area contributed by atoms with Crippen molar-refractivity contribution in [3.63, 3.8) is 0 Å². The monoisotopic (exact) mass is 352 g/mol. The number of rotatable bonds is 5. The summed E-state index contributed by atoms with van der Waals surface area (Å²) >= 11 is 0. The number of hydrogen-bond donors (Lipinski definition) is 2. The van der Waals surface area contributed by atoms with Crippen LogP contribution in [-0.4, -0.2) is 34.9 Å². The Balaban J connectivity index is 2.11. The second-order valence-corrected chi connectivity index (χ2v) is 5.79. The second kappa shape index (κ2) is 7.26. The molecule has 0 aliphatic carbocycles. The molecule has 1 aromatic carbocycles. The normalized spacial score (nSPS) is 10.7. The van der Waals surface area contributed by atoms with Gasteiger partial charge in [-0.2, -0.15) is 0 Å². The summed E-state index contributed by atoms with van der Waals surface area (Å²) in [5, 5.41) is 2.79. The molecule has 3 N–H and O–H groups in total. The fourth-order valence-corrected chi connectivity index (χ4v) is 2.73. The Morgan fingerprint density at radius 1 is 1.27 bits per heavy atom. The predicted molar refractivity (Wildman–Crippen MR) is 99.0 cm³/mol. The highest BCUT2D eigenvalue weighted by Crippen LogP contribution is 2.27. The number of nitrogens with one attached hydrogen (secondary N) is 1. The Kier molecular flexibility index (Phi) is 4.88. The van der Waals surface area contributed by atoms with E-state index in [0.717, 1.165) is 17.5 Å². The number of methoxy groups -OCH3 is 1. The Morgan fingerprint density at radius 2 is 2.08 bits per heavy atom. The van der Waals surface area contributed by atoms with E-state index in [0.29, 0.717) is 17.8 Å². The van der Waals surface area contributed by atoms with Crippen LogP contribution in [0.3, 0.4) is 0 Å². The molecular weight excluding hydrogens is 332 g/mol. The SMILES string of the molecule is CCCNC(=O)c1nc2c(-c3cccc(C(=O)OC)c3)cccn2c1N. The van der Waals surface area contributed by atoms with Crippen LogP contribution in [0.25, 0.3) is 16.8 Å². The topological polar surface area (TPSA) is 98.7 Å². The van der Waals surface area contributed by atoms with E-state index in [9.17, 15) is 9.59 Å². The lowest BCUT2D eigenvalue weighted by Gasteiger charge is -2.06. The van der Waals surface area contributed by atoms with Crippen molar-refractivity contribution < 1.29 is 14.3 Å². The highest BCUT2D eigenvalue weighted by Gasteiger charge is 2.19. The minimum absolute atomic E-state index is 0.190. The molecular formula is C19H20N4O3. The van der Waals surface area contributed by atoms with Gasteiger partial charge in [-0.3, -0.25) is 9.20 Å². The third kappa shape index (κ3) is 3.11. The Labute approximate surface area is 150 Å². The molecule has 0 aliphatic heterocycles. The summed E-state index contributed by atoms with van der Waals surface area (Å²) in [6.07, 6.45) is 2.58. The number of nitrogens with two attached hydrogens (primary N) is 1. The first-order valence-electron chi connectivity index (χ1n) is 8.30. The van der Waals surface area contributed by atoms with Crippen LogP contribution in [0.2, 0.25) is 0 Å². The van der Waals surface area contributed by atoms with Crippen molar-refractivity contribution in [2.45, 2.75) is 13.3 Å². The van der Waals surface area contributed by atoms with Crippen LogP contribution in [0.15, 0.2) is 42.6 Å². The van der Waals surface area contributed by atoms with Gasteiger partial charge in [0, 0.05) is 18.3 Å². The number of anilines is 1. The smallest absolute Gasteiger partial charge is 0.337 e. The molecule has 0 spiro atoms. The van der Waals surface area contributed by atoms with Gasteiger partial charge in [-0.1, -0.05) is 19.1 Å². The summed E-state index contributed by atoms with van der Waals surface area (Å²) in [7, 11) is 1.34. The molecule has 0 aliphatic rings. The van der Waals surface area contributed by atoms with E-state index >= 15 is 0 Å². The van der Waals surface area contributed by atoms with Crippen molar-refractivity contribution in [2.75, 3.05) is 19.4 Å². The molecule has 0 fully saturated rings. The van der Waals surface area contributed by atoms with E-state index in [1.165, 1.54) is 7.11 Å². The van der Waals surface area contributed by atoms with Crippen LogP contribution in [0.5, 0.6) is 0 Å². The summed E-state index contributed by atoms with van der Waals surface area (Å²) in [4.78, 5) is 28.5. The Morgan fingerprint density at radius 3 is 2.81 bits per heavy atom. The van der Waals surface area contributed by atoms with Gasteiger partial charge in [0.25, 0.3) is 5.91 Å². The average Bonchev–Trinajstić information content (AvgIpc) is 3.02. The zero-order valence-electron chi connectivity index (χ0n) is 14.7. The number of amides is 1. The molecule has 7 nitrogen and oxygen atoms in total. The van der Waals surface area contributed by atoms with Crippen molar-refractivity contribution in [3.8, 4) is 11.1 Å². The summed E-state index contributed by atoms with van der Waals surface area (Å²) in [5.74, 6) is -0.442. The molecule has 0 unspecified atom stereocenters. The van der Waals surface area contributed by atoms with Crippen LogP contribution in [0, 0.1) is 0 Å². The van der Waals surface area contributed by atoms with Gasteiger partial charge in [-0.05, 0) is 36.2 Å². The Bertz CT molecular complexity index is 978. The third-order valence-electron chi connectivity index (χ3n) is 4.03. The molecule has 0 atom stereocenters. The maximum absolute atomic E-state index is 12.3. The number of pyridine rings is 1. The van der Waals surface area contributed by atoms with Gasteiger partial charge in [0.05, 0.1) is 12.7 Å². The van der Waals surface area contributed by atoms with E-state index in [1.54, 1.807) is 28.8 Å². The summed E-state index contributed by atoms with van der Waals surface area (Å²) in [6, 6.07) is 10.7. The van der Waals surface area contributed by atoms with Gasteiger partial charge in [0.1, 0.15) is 11.5 Å². The molecule has 3 rings (SSSR count). The van der Waals surface area contributed by atoms with Gasteiger partial charge >= 0.3 is 5.97 Å². The van der Waals surface area contributed by atoms with E-state index in [4.69, 9.17) is 10.5 Å². The highest BCUT2D eigenvalue weighted by molar-refractivity contribution is 5.99. The number of ether oxygens (including phenoxy) is 1. The van der Waals surface area contributed by atoms with Crippen LogP contribution < -0.4 is 11.1 Å². The molecule has 2 aromatic heterocycles. The number of esters is 1. The zero-order chi connectivity index (χ0) is 18.7. The number of fused-ring (bicyclic) bond motifs is 1. The van der Waals surface area contributed by atoms with Gasteiger partial charge in [0.15, 0.2) is 5.69 Å². The highest BCUT2D eigenvalue weighted by atomic mass is 16.5. The Hall–Kier alpha value is -3.35. The molecule has 1 amide bonds. The van der Waals surface area contributed by atoms with Crippen molar-refractivity contribution in [1.29, 1.82) is 0 Å². The molecule has 7 heteroatoms. The van der Waals surface area contributed by atoms with Gasteiger partial charge in [-0.25, -0.2) is 9.78 Å². The van der Waals surface area contributed by atoms with Gasteiger partial charge in [0.2, 0.25) is 0 Å². The first-order chi connectivity index (χ1) is 12.6. The number of benzene rings is 1. The van der Waals surface area contributed by atoms with Crippen molar-refractivity contribution in [3.05, 3.63) is 53.9 Å². The lowest BCUT2D eigenvalue weighted by Crippen LogP contribution is -2.25. The number of nitrogen functional groups attached to an aromatic ring is 1. The number of carbonyl (C=O) groups excluding carboxylic acids is 2. The molecule has 134 valence electrons. The number of imidazole rings is 1. The molecule has 0 saturated carbocycles. The largest absolute Gasteiger partial charge is 0.465 e. The maximum atomic E-state index is 12.3. The second-order valence-electron chi connectivity index (χ2n) is 5.79. The first kappa shape index (κ1) is 17.5. The number of aromatic nitrogens is 2. The minimum Gasteiger partial charge on any atom is -0.465 e. The number of hydrogen-bond acceptors (Lipinski definition) is 5. The molecule has 26 heavy (non-hydrogen) atoms. The molecule has 2 heterocycles. The zero-order valence-corrected chi connectivity index (χ0v) is 14.7. The lowest BCUT2D eigenvalue weighted by atomic mass is 10.0. The maximum Gasteiger partial charge on any atom is 0.337 e. The molecule has 0 bridgehead atoms. The fourth-order valence-electron chi connectivity index (χ4n) is 2.73. The quantitative estimate of drug-likeness (QED) is 0.688. The molecule has 3 aromatic rings. The number of carbonyl (C=O) groups is 2. The van der Waals surface area contributed by atoms with Crippen molar-refractivity contribution in [2.24, 2.45) is 0 Å². The minimum atomic E-state index is -0.415. The van der Waals surface area contributed by atoms with Gasteiger partial charge < -0.3 is 15.8 Å². The van der Waals surface area contributed by atoms with E-state index in [2.05, 4.69) is 10.3 Å².